The molecule has 3 rings (SSSR count). The standard InChI is InChI=1S/C12H8FN3O/c13-9-4-1-3-8(7-9)11-14-12-10(17)5-2-6-16(12)15-11/h1-7,17H. The molecule has 0 saturated heterocycles. The summed E-state index contributed by atoms with van der Waals surface area (Å²) < 4.78 is 14.5. The van der Waals surface area contributed by atoms with Crippen LogP contribution < -0.4 is 0 Å². The topological polar surface area (TPSA) is 50.4 Å². The van der Waals surface area contributed by atoms with E-state index in [0.29, 0.717) is 17.0 Å². The second-order valence-corrected chi connectivity index (χ2v) is 3.61. The van der Waals surface area contributed by atoms with Crippen LogP contribution in [0.2, 0.25) is 0 Å². The van der Waals surface area contributed by atoms with Crippen LogP contribution in [0, 0.1) is 5.82 Å². The zero-order valence-corrected chi connectivity index (χ0v) is 8.71. The first kappa shape index (κ1) is 9.77. The van der Waals surface area contributed by atoms with Gasteiger partial charge in [-0.05, 0) is 24.3 Å². The Labute approximate surface area is 96.0 Å². The third kappa shape index (κ3) is 1.61. The lowest BCUT2D eigenvalue weighted by Gasteiger charge is -1.93. The third-order valence-corrected chi connectivity index (χ3v) is 2.42. The fourth-order valence-corrected chi connectivity index (χ4v) is 1.64. The van der Waals surface area contributed by atoms with Crippen molar-refractivity contribution in [2.75, 3.05) is 0 Å². The molecule has 0 aliphatic carbocycles. The van der Waals surface area contributed by atoms with Crippen molar-refractivity contribution in [3.63, 3.8) is 0 Å². The number of hydrogen-bond acceptors (Lipinski definition) is 3. The first-order valence-electron chi connectivity index (χ1n) is 5.04. The summed E-state index contributed by atoms with van der Waals surface area (Å²) in [6, 6.07) is 9.21. The van der Waals surface area contributed by atoms with Crippen molar-refractivity contribution in [1.82, 2.24) is 14.6 Å². The van der Waals surface area contributed by atoms with Gasteiger partial charge in [0.15, 0.2) is 17.2 Å². The summed E-state index contributed by atoms with van der Waals surface area (Å²) in [5.74, 6) is 0.0826. The molecule has 0 aliphatic heterocycles. The van der Waals surface area contributed by atoms with Gasteiger partial charge in [0.25, 0.3) is 0 Å². The van der Waals surface area contributed by atoms with E-state index < -0.39 is 0 Å². The molecule has 2 aromatic heterocycles. The van der Waals surface area contributed by atoms with E-state index in [9.17, 15) is 9.50 Å². The zero-order valence-electron chi connectivity index (χ0n) is 8.71. The number of nitrogens with zero attached hydrogens (tertiary/aromatic N) is 3. The van der Waals surface area contributed by atoms with Gasteiger partial charge in [-0.15, -0.1) is 5.10 Å². The van der Waals surface area contributed by atoms with Gasteiger partial charge in [0.05, 0.1) is 0 Å². The Morgan fingerprint density at radius 1 is 1.18 bits per heavy atom. The largest absolute Gasteiger partial charge is 0.504 e. The van der Waals surface area contributed by atoms with Crippen LogP contribution in [0.5, 0.6) is 5.75 Å². The van der Waals surface area contributed by atoms with Crippen LogP contribution >= 0.6 is 0 Å². The lowest BCUT2D eigenvalue weighted by molar-refractivity contribution is 0.477. The monoisotopic (exact) mass is 229 g/mol. The van der Waals surface area contributed by atoms with Crippen molar-refractivity contribution in [1.29, 1.82) is 0 Å². The van der Waals surface area contributed by atoms with Crippen LogP contribution in [0.25, 0.3) is 17.0 Å². The maximum atomic E-state index is 13.1. The second kappa shape index (κ2) is 3.55. The van der Waals surface area contributed by atoms with Crippen LogP contribution in [0.15, 0.2) is 42.6 Å². The summed E-state index contributed by atoms with van der Waals surface area (Å²) in [7, 11) is 0. The number of pyridine rings is 1. The maximum absolute atomic E-state index is 13.1. The van der Waals surface area contributed by atoms with Crippen molar-refractivity contribution in [3.05, 3.63) is 48.4 Å². The summed E-state index contributed by atoms with van der Waals surface area (Å²) in [4.78, 5) is 4.16. The van der Waals surface area contributed by atoms with E-state index in [2.05, 4.69) is 10.1 Å². The Hall–Kier alpha value is -2.43. The minimum atomic E-state index is -0.342. The lowest BCUT2D eigenvalue weighted by Crippen LogP contribution is -1.86. The van der Waals surface area contributed by atoms with E-state index in [-0.39, 0.29) is 11.6 Å². The minimum Gasteiger partial charge on any atom is -0.504 e. The molecule has 2 heterocycles. The molecular weight excluding hydrogens is 221 g/mol. The van der Waals surface area contributed by atoms with Gasteiger partial charge in [0.2, 0.25) is 0 Å². The fraction of sp³-hybridized carbons (Fsp3) is 0. The highest BCUT2D eigenvalue weighted by molar-refractivity contribution is 5.61. The van der Waals surface area contributed by atoms with Crippen molar-refractivity contribution in [2.45, 2.75) is 0 Å². The molecule has 84 valence electrons. The summed E-state index contributed by atoms with van der Waals surface area (Å²) in [6.45, 7) is 0. The third-order valence-electron chi connectivity index (χ3n) is 2.42. The van der Waals surface area contributed by atoms with Crippen molar-refractivity contribution >= 4 is 5.65 Å². The molecule has 4 nitrogen and oxygen atoms in total. The number of benzene rings is 1. The number of fused-ring (bicyclic) bond motifs is 1. The van der Waals surface area contributed by atoms with E-state index in [1.54, 1.807) is 24.4 Å². The molecule has 3 aromatic rings. The molecule has 0 spiro atoms. The van der Waals surface area contributed by atoms with Crippen LogP contribution in [-0.2, 0) is 0 Å². The van der Waals surface area contributed by atoms with Gasteiger partial charge < -0.3 is 5.11 Å². The summed E-state index contributed by atoms with van der Waals surface area (Å²) in [5.41, 5.74) is 0.930. The number of halogens is 1. The summed E-state index contributed by atoms with van der Waals surface area (Å²) in [6.07, 6.45) is 1.67. The van der Waals surface area contributed by atoms with Crippen LogP contribution in [-0.4, -0.2) is 19.7 Å². The molecule has 17 heavy (non-hydrogen) atoms. The van der Waals surface area contributed by atoms with Gasteiger partial charge in [0, 0.05) is 11.8 Å². The van der Waals surface area contributed by atoms with Crippen molar-refractivity contribution in [2.24, 2.45) is 0 Å². The Morgan fingerprint density at radius 2 is 2.06 bits per heavy atom. The van der Waals surface area contributed by atoms with E-state index in [0.717, 1.165) is 0 Å². The Balaban J connectivity index is 2.22. The molecule has 0 fully saturated rings. The average molecular weight is 229 g/mol. The van der Waals surface area contributed by atoms with E-state index in [1.165, 1.54) is 22.7 Å². The molecule has 0 amide bonds. The van der Waals surface area contributed by atoms with Gasteiger partial charge >= 0.3 is 0 Å². The number of rotatable bonds is 1. The van der Waals surface area contributed by atoms with Crippen LogP contribution in [0.4, 0.5) is 4.39 Å². The molecule has 0 unspecified atom stereocenters. The molecular formula is C12H8FN3O. The molecule has 0 atom stereocenters. The normalized spacial score (nSPS) is 10.9. The number of aromatic hydroxyl groups is 1. The molecule has 0 saturated carbocycles. The molecule has 5 heteroatoms. The molecule has 0 radical (unpaired) electrons. The quantitative estimate of drug-likeness (QED) is 0.696. The number of hydrogen-bond donors (Lipinski definition) is 1. The van der Waals surface area contributed by atoms with E-state index in [1.807, 2.05) is 0 Å². The first-order chi connectivity index (χ1) is 8.24. The predicted octanol–water partition coefficient (Wildman–Crippen LogP) is 2.24. The van der Waals surface area contributed by atoms with Gasteiger partial charge in [-0.3, -0.25) is 0 Å². The zero-order chi connectivity index (χ0) is 11.8. The SMILES string of the molecule is Oc1cccn2nc(-c3cccc(F)c3)nc12. The fourth-order valence-electron chi connectivity index (χ4n) is 1.64. The van der Waals surface area contributed by atoms with E-state index >= 15 is 0 Å². The second-order valence-electron chi connectivity index (χ2n) is 3.61. The van der Waals surface area contributed by atoms with Gasteiger partial charge in [-0.25, -0.2) is 13.9 Å². The molecule has 0 bridgehead atoms. The van der Waals surface area contributed by atoms with Crippen molar-refractivity contribution < 1.29 is 9.50 Å². The molecule has 1 aromatic carbocycles. The Morgan fingerprint density at radius 3 is 2.82 bits per heavy atom. The van der Waals surface area contributed by atoms with Gasteiger partial charge in [0.1, 0.15) is 5.82 Å². The highest BCUT2D eigenvalue weighted by atomic mass is 19.1. The average Bonchev–Trinajstić information content (AvgIpc) is 2.74. The Kier molecular flexibility index (Phi) is 2.04. The smallest absolute Gasteiger partial charge is 0.198 e. The summed E-state index contributed by atoms with van der Waals surface area (Å²) >= 11 is 0. The Bertz CT molecular complexity index is 693. The first-order valence-corrected chi connectivity index (χ1v) is 5.04. The van der Waals surface area contributed by atoms with Crippen LogP contribution in [0.3, 0.4) is 0 Å². The van der Waals surface area contributed by atoms with Gasteiger partial charge in [-0.1, -0.05) is 12.1 Å². The highest BCUT2D eigenvalue weighted by Gasteiger charge is 2.09. The lowest BCUT2D eigenvalue weighted by atomic mass is 10.2. The minimum absolute atomic E-state index is 0.0441. The van der Waals surface area contributed by atoms with Crippen molar-refractivity contribution in [3.8, 4) is 17.1 Å². The highest BCUT2D eigenvalue weighted by Crippen LogP contribution is 2.21. The molecule has 0 aliphatic rings. The van der Waals surface area contributed by atoms with E-state index in [4.69, 9.17) is 0 Å². The number of aromatic nitrogens is 3. The predicted molar refractivity (Wildman–Crippen MR) is 60.0 cm³/mol. The van der Waals surface area contributed by atoms with Crippen LogP contribution in [0.1, 0.15) is 0 Å². The summed E-state index contributed by atoms with van der Waals surface area (Å²) in [5, 5.41) is 13.8. The maximum Gasteiger partial charge on any atom is 0.198 e. The van der Waals surface area contributed by atoms with Gasteiger partial charge in [-0.2, -0.15) is 0 Å². The molecule has 1 N–H and O–H groups in total.